The molecule has 1 rings (SSSR count). The second-order valence-electron chi connectivity index (χ2n) is 3.26. The third-order valence-corrected chi connectivity index (χ3v) is 2.14. The van der Waals surface area contributed by atoms with Crippen molar-refractivity contribution in [2.45, 2.75) is 13.0 Å². The van der Waals surface area contributed by atoms with Crippen LogP contribution in [-0.2, 0) is 9.59 Å². The maximum atomic E-state index is 11.4. The van der Waals surface area contributed by atoms with Crippen molar-refractivity contribution in [3.8, 4) is 0 Å². The fraction of sp³-hybridized carbons (Fsp3) is 0.273. The van der Waals surface area contributed by atoms with Crippen molar-refractivity contribution in [3.63, 3.8) is 0 Å². The van der Waals surface area contributed by atoms with Gasteiger partial charge < -0.3 is 10.2 Å². The Morgan fingerprint density at radius 2 is 1.88 bits per heavy atom. The molecule has 5 nitrogen and oxygen atoms in total. The van der Waals surface area contributed by atoms with Crippen LogP contribution < -0.4 is 4.90 Å². The van der Waals surface area contributed by atoms with Crippen LogP contribution in [0.5, 0.6) is 0 Å². The Kier molecular flexibility index (Phi) is 4.02. The first-order valence-corrected chi connectivity index (χ1v) is 4.76. The molecule has 86 valence electrons. The lowest BCUT2D eigenvalue weighted by atomic mass is 10.2. The molecule has 1 amide bonds. The van der Waals surface area contributed by atoms with Crippen molar-refractivity contribution in [1.82, 2.24) is 0 Å². The van der Waals surface area contributed by atoms with E-state index in [1.54, 1.807) is 30.3 Å². The minimum Gasteiger partial charge on any atom is -0.480 e. The number of carboxylic acid groups (broad SMARTS) is 1. The van der Waals surface area contributed by atoms with Gasteiger partial charge in [0.2, 0.25) is 5.91 Å². The molecule has 0 aliphatic heterocycles. The Morgan fingerprint density at radius 1 is 1.31 bits per heavy atom. The monoisotopic (exact) mass is 223 g/mol. The van der Waals surface area contributed by atoms with Crippen molar-refractivity contribution >= 4 is 17.6 Å². The summed E-state index contributed by atoms with van der Waals surface area (Å²) in [6.45, 7) is 0.641. The number of aliphatic carboxylic acids is 1. The number of hydrogen-bond donors (Lipinski definition) is 2. The molecule has 0 spiro atoms. The molecule has 1 aromatic rings. The van der Waals surface area contributed by atoms with Gasteiger partial charge in [-0.15, -0.1) is 0 Å². The Bertz CT molecular complexity index is 377. The van der Waals surface area contributed by atoms with Gasteiger partial charge in [0.05, 0.1) is 6.61 Å². The SMILES string of the molecule is CC(=O)N(c1ccccc1)[C@@H](CO)C(=O)O. The summed E-state index contributed by atoms with van der Waals surface area (Å²) in [6, 6.07) is 7.14. The third kappa shape index (κ3) is 2.58. The Morgan fingerprint density at radius 3 is 2.25 bits per heavy atom. The van der Waals surface area contributed by atoms with Gasteiger partial charge in [0, 0.05) is 12.6 Å². The average molecular weight is 223 g/mol. The third-order valence-electron chi connectivity index (χ3n) is 2.14. The molecule has 1 aromatic carbocycles. The maximum Gasteiger partial charge on any atom is 0.329 e. The summed E-state index contributed by atoms with van der Waals surface area (Å²) in [5, 5.41) is 17.9. The molecule has 0 unspecified atom stereocenters. The first-order valence-electron chi connectivity index (χ1n) is 4.76. The van der Waals surface area contributed by atoms with Crippen molar-refractivity contribution in [1.29, 1.82) is 0 Å². The molecule has 16 heavy (non-hydrogen) atoms. The number of carbonyl (C=O) groups is 2. The van der Waals surface area contributed by atoms with Crippen LogP contribution >= 0.6 is 0 Å². The molecule has 0 aliphatic rings. The second-order valence-corrected chi connectivity index (χ2v) is 3.26. The van der Waals surface area contributed by atoms with E-state index in [0.29, 0.717) is 5.69 Å². The number of carboxylic acids is 1. The zero-order valence-electron chi connectivity index (χ0n) is 8.83. The van der Waals surface area contributed by atoms with Crippen LogP contribution in [0, 0.1) is 0 Å². The summed E-state index contributed by atoms with van der Waals surface area (Å²) in [6.07, 6.45) is 0. The summed E-state index contributed by atoms with van der Waals surface area (Å²) < 4.78 is 0. The van der Waals surface area contributed by atoms with Crippen LogP contribution in [0.1, 0.15) is 6.92 Å². The van der Waals surface area contributed by atoms with Gasteiger partial charge in [0.1, 0.15) is 0 Å². The van der Waals surface area contributed by atoms with Crippen molar-refractivity contribution in [2.24, 2.45) is 0 Å². The fourth-order valence-corrected chi connectivity index (χ4v) is 1.44. The lowest BCUT2D eigenvalue weighted by molar-refractivity contribution is -0.141. The Hall–Kier alpha value is -1.88. The van der Waals surface area contributed by atoms with Crippen molar-refractivity contribution in [3.05, 3.63) is 30.3 Å². The highest BCUT2D eigenvalue weighted by Gasteiger charge is 2.28. The molecule has 2 N–H and O–H groups in total. The molecule has 5 heteroatoms. The van der Waals surface area contributed by atoms with E-state index in [-0.39, 0.29) is 0 Å². The van der Waals surface area contributed by atoms with Crippen LogP contribution in [0.25, 0.3) is 0 Å². The summed E-state index contributed by atoms with van der Waals surface area (Å²) in [5.74, 6) is -1.66. The zero-order valence-corrected chi connectivity index (χ0v) is 8.83. The molecule has 0 aliphatic carbocycles. The average Bonchev–Trinajstić information content (AvgIpc) is 2.25. The predicted molar refractivity (Wildman–Crippen MR) is 58.1 cm³/mol. The van der Waals surface area contributed by atoms with Crippen LogP contribution in [0.3, 0.4) is 0 Å². The summed E-state index contributed by atoms with van der Waals surface area (Å²) in [5.41, 5.74) is 0.455. The lowest BCUT2D eigenvalue weighted by Gasteiger charge is -2.26. The number of carbonyl (C=O) groups excluding carboxylic acids is 1. The summed E-state index contributed by atoms with van der Waals surface area (Å²) in [7, 11) is 0. The van der Waals surface area contributed by atoms with Gasteiger partial charge >= 0.3 is 5.97 Å². The van der Waals surface area contributed by atoms with E-state index in [1.165, 1.54) is 6.92 Å². The number of amides is 1. The molecular formula is C11H13NO4. The van der Waals surface area contributed by atoms with Crippen LogP contribution in [0.4, 0.5) is 5.69 Å². The summed E-state index contributed by atoms with van der Waals surface area (Å²) >= 11 is 0. The van der Waals surface area contributed by atoms with E-state index >= 15 is 0 Å². The molecule has 0 bridgehead atoms. The Balaban J connectivity index is 3.09. The zero-order chi connectivity index (χ0) is 12.1. The fourth-order valence-electron chi connectivity index (χ4n) is 1.44. The van der Waals surface area contributed by atoms with E-state index in [0.717, 1.165) is 4.90 Å². The first-order chi connectivity index (χ1) is 7.57. The highest BCUT2D eigenvalue weighted by molar-refractivity contribution is 5.97. The van der Waals surface area contributed by atoms with Gasteiger partial charge in [-0.05, 0) is 12.1 Å². The van der Waals surface area contributed by atoms with Crippen molar-refractivity contribution in [2.75, 3.05) is 11.5 Å². The van der Waals surface area contributed by atoms with Crippen LogP contribution in [0.2, 0.25) is 0 Å². The molecule has 1 atom stereocenters. The van der Waals surface area contributed by atoms with E-state index in [1.807, 2.05) is 0 Å². The van der Waals surface area contributed by atoms with Crippen LogP contribution in [0.15, 0.2) is 30.3 Å². The van der Waals surface area contributed by atoms with Gasteiger partial charge in [-0.3, -0.25) is 9.69 Å². The number of hydrogen-bond acceptors (Lipinski definition) is 3. The number of para-hydroxylation sites is 1. The molecular weight excluding hydrogens is 210 g/mol. The van der Waals surface area contributed by atoms with Gasteiger partial charge in [0.25, 0.3) is 0 Å². The Labute approximate surface area is 92.9 Å². The van der Waals surface area contributed by atoms with Crippen LogP contribution in [-0.4, -0.2) is 34.7 Å². The molecule has 0 radical (unpaired) electrons. The number of benzene rings is 1. The minimum absolute atomic E-state index is 0.423. The highest BCUT2D eigenvalue weighted by atomic mass is 16.4. The molecule has 0 heterocycles. The number of aliphatic hydroxyl groups excluding tert-OH is 1. The number of rotatable bonds is 4. The maximum absolute atomic E-state index is 11.4. The molecule has 0 saturated carbocycles. The van der Waals surface area contributed by atoms with E-state index < -0.39 is 24.5 Å². The van der Waals surface area contributed by atoms with Gasteiger partial charge in [-0.1, -0.05) is 18.2 Å². The quantitative estimate of drug-likeness (QED) is 0.778. The standard InChI is InChI=1S/C11H13NO4/c1-8(14)12(10(7-13)11(15)16)9-5-3-2-4-6-9/h2-6,10,13H,7H2,1H3,(H,15,16)/t10-/m0/s1. The topological polar surface area (TPSA) is 77.8 Å². The predicted octanol–water partition coefficient (Wildman–Crippen LogP) is 0.485. The van der Waals surface area contributed by atoms with E-state index in [2.05, 4.69) is 0 Å². The minimum atomic E-state index is -1.25. The molecule has 0 aromatic heterocycles. The molecule has 0 fully saturated rings. The van der Waals surface area contributed by atoms with Crippen molar-refractivity contribution < 1.29 is 19.8 Å². The normalized spacial score (nSPS) is 11.9. The highest BCUT2D eigenvalue weighted by Crippen LogP contribution is 2.16. The summed E-state index contributed by atoms with van der Waals surface area (Å²) in [4.78, 5) is 23.4. The lowest BCUT2D eigenvalue weighted by Crippen LogP contribution is -2.46. The molecule has 0 saturated heterocycles. The second kappa shape index (κ2) is 5.27. The number of aliphatic hydroxyl groups is 1. The van der Waals surface area contributed by atoms with Gasteiger partial charge in [-0.2, -0.15) is 0 Å². The van der Waals surface area contributed by atoms with Gasteiger partial charge in [0.15, 0.2) is 6.04 Å². The number of nitrogens with zero attached hydrogens (tertiary/aromatic N) is 1. The van der Waals surface area contributed by atoms with E-state index in [4.69, 9.17) is 10.2 Å². The van der Waals surface area contributed by atoms with Gasteiger partial charge in [-0.25, -0.2) is 4.79 Å². The number of anilines is 1. The smallest absolute Gasteiger partial charge is 0.329 e. The first kappa shape index (κ1) is 12.2. The largest absolute Gasteiger partial charge is 0.480 e. The van der Waals surface area contributed by atoms with E-state index in [9.17, 15) is 9.59 Å².